The molecular weight excluding hydrogens is 332 g/mol. The normalized spacial score (nSPS) is 14.4. The lowest BCUT2D eigenvalue weighted by atomic mass is 10.0. The maximum absolute atomic E-state index is 5.93. The molecule has 0 saturated carbocycles. The van der Waals surface area contributed by atoms with E-state index in [1.165, 1.54) is 0 Å². The first kappa shape index (κ1) is 18.0. The van der Waals surface area contributed by atoms with Crippen molar-refractivity contribution in [2.75, 3.05) is 45.1 Å². The summed E-state index contributed by atoms with van der Waals surface area (Å²) in [6.45, 7) is 1.96. The van der Waals surface area contributed by atoms with E-state index in [1.54, 1.807) is 7.11 Å². The molecule has 1 heterocycles. The Morgan fingerprint density at radius 2 is 2.26 bits per heavy atom. The zero-order chi connectivity index (χ0) is 16.8. The zero-order valence-corrected chi connectivity index (χ0v) is 15.4. The van der Waals surface area contributed by atoms with Crippen LogP contribution in [-0.4, -0.2) is 40.2 Å². The lowest BCUT2D eigenvalue weighted by molar-refractivity contribution is 0.315. The summed E-state index contributed by atoms with van der Waals surface area (Å²) in [4.78, 5) is 3.01. The molecule has 0 radical (unpaired) electrons. The minimum absolute atomic E-state index is 0.408. The SMILES string of the molecule is CNCc1cc2c(cc1OC)C(OC/C(S)=C/CCl)=CCN2C. The Hall–Kier alpha value is -1.30. The second-order valence-corrected chi connectivity index (χ2v) is 6.18. The third-order valence-corrected chi connectivity index (χ3v) is 4.15. The van der Waals surface area contributed by atoms with Gasteiger partial charge in [0.15, 0.2) is 0 Å². The average Bonchev–Trinajstić information content (AvgIpc) is 2.54. The lowest BCUT2D eigenvalue weighted by Gasteiger charge is -2.28. The quantitative estimate of drug-likeness (QED) is 0.581. The van der Waals surface area contributed by atoms with E-state index in [4.69, 9.17) is 21.1 Å². The number of benzene rings is 1. The molecule has 1 aromatic rings. The number of nitrogens with one attached hydrogen (secondary N) is 1. The molecule has 0 atom stereocenters. The van der Waals surface area contributed by atoms with Gasteiger partial charge >= 0.3 is 0 Å². The Morgan fingerprint density at radius 3 is 2.91 bits per heavy atom. The third-order valence-electron chi connectivity index (χ3n) is 3.68. The molecule has 0 amide bonds. The maximum atomic E-state index is 5.93. The summed E-state index contributed by atoms with van der Waals surface area (Å²) >= 11 is 10.0. The number of anilines is 1. The number of ether oxygens (including phenoxy) is 2. The van der Waals surface area contributed by atoms with Gasteiger partial charge in [-0.1, -0.05) is 6.08 Å². The highest BCUT2D eigenvalue weighted by Crippen LogP contribution is 2.37. The molecule has 2 rings (SSSR count). The Morgan fingerprint density at radius 1 is 1.48 bits per heavy atom. The first-order valence-corrected chi connectivity index (χ1v) is 8.42. The predicted molar refractivity (Wildman–Crippen MR) is 101 cm³/mol. The van der Waals surface area contributed by atoms with Gasteiger partial charge in [0.2, 0.25) is 0 Å². The van der Waals surface area contributed by atoms with E-state index in [2.05, 4.69) is 42.0 Å². The van der Waals surface area contributed by atoms with E-state index in [0.29, 0.717) is 12.5 Å². The highest BCUT2D eigenvalue weighted by molar-refractivity contribution is 7.84. The van der Waals surface area contributed by atoms with Crippen LogP contribution < -0.4 is 15.0 Å². The van der Waals surface area contributed by atoms with Crippen LogP contribution >= 0.6 is 24.2 Å². The van der Waals surface area contributed by atoms with Crippen molar-refractivity contribution >= 4 is 35.7 Å². The highest BCUT2D eigenvalue weighted by Gasteiger charge is 2.20. The van der Waals surface area contributed by atoms with E-state index >= 15 is 0 Å². The van der Waals surface area contributed by atoms with Gasteiger partial charge in [-0.15, -0.1) is 24.2 Å². The fraction of sp³-hybridized carbons (Fsp3) is 0.412. The molecule has 1 N–H and O–H groups in total. The minimum atomic E-state index is 0.408. The minimum Gasteiger partial charge on any atom is -0.496 e. The number of halogens is 1. The van der Waals surface area contributed by atoms with Gasteiger partial charge in [-0.3, -0.25) is 0 Å². The van der Waals surface area contributed by atoms with E-state index in [9.17, 15) is 0 Å². The summed E-state index contributed by atoms with van der Waals surface area (Å²) in [6, 6.07) is 4.18. The van der Waals surface area contributed by atoms with Crippen LogP contribution in [0.3, 0.4) is 0 Å². The van der Waals surface area contributed by atoms with Gasteiger partial charge in [0, 0.05) is 47.7 Å². The summed E-state index contributed by atoms with van der Waals surface area (Å²) in [7, 11) is 5.68. The summed E-state index contributed by atoms with van der Waals surface area (Å²) in [5, 5.41) is 3.17. The Balaban J connectivity index is 2.31. The maximum Gasteiger partial charge on any atom is 0.127 e. The monoisotopic (exact) mass is 354 g/mol. The number of nitrogens with zero attached hydrogens (tertiary/aromatic N) is 1. The van der Waals surface area contributed by atoms with E-state index in [0.717, 1.165) is 46.3 Å². The van der Waals surface area contributed by atoms with Gasteiger partial charge in [0.05, 0.1) is 7.11 Å². The smallest absolute Gasteiger partial charge is 0.127 e. The van der Waals surface area contributed by atoms with Crippen LogP contribution in [0.15, 0.2) is 29.2 Å². The number of alkyl halides is 1. The van der Waals surface area contributed by atoms with E-state index in [1.807, 2.05) is 19.2 Å². The van der Waals surface area contributed by atoms with Crippen LogP contribution in [0, 0.1) is 0 Å². The molecule has 1 aromatic carbocycles. The number of rotatable bonds is 7. The van der Waals surface area contributed by atoms with Crippen molar-refractivity contribution in [3.63, 3.8) is 0 Å². The number of fused-ring (bicyclic) bond motifs is 1. The number of allylic oxidation sites excluding steroid dienone is 1. The fourth-order valence-electron chi connectivity index (χ4n) is 2.51. The van der Waals surface area contributed by atoms with Crippen LogP contribution in [-0.2, 0) is 11.3 Å². The molecule has 0 spiro atoms. The standard InChI is InChI=1S/C17H23ClN2O2S/c1-19-10-12-8-15-14(9-17(12)21-3)16(5-7-20(15)2)22-11-13(23)4-6-18/h4-5,8-9,19,23H,6-7,10-11H2,1-3H3/b13-4-. The molecule has 6 heteroatoms. The van der Waals surface area contributed by atoms with Gasteiger partial charge in [-0.2, -0.15) is 0 Å². The van der Waals surface area contributed by atoms with Crippen LogP contribution in [0.25, 0.3) is 5.76 Å². The number of hydrogen-bond donors (Lipinski definition) is 2. The molecule has 126 valence electrons. The fourth-order valence-corrected chi connectivity index (χ4v) is 2.96. The zero-order valence-electron chi connectivity index (χ0n) is 13.7. The Kier molecular flexibility index (Phi) is 6.69. The van der Waals surface area contributed by atoms with Crippen LogP contribution in [0.1, 0.15) is 11.1 Å². The van der Waals surface area contributed by atoms with Crippen LogP contribution in [0.2, 0.25) is 0 Å². The van der Waals surface area contributed by atoms with Crippen molar-refractivity contribution in [1.29, 1.82) is 0 Å². The van der Waals surface area contributed by atoms with E-state index < -0.39 is 0 Å². The molecule has 0 aromatic heterocycles. The Labute approximate surface area is 148 Å². The van der Waals surface area contributed by atoms with Crippen LogP contribution in [0.5, 0.6) is 5.75 Å². The molecule has 1 aliphatic heterocycles. The van der Waals surface area contributed by atoms with Gasteiger partial charge in [-0.05, 0) is 25.3 Å². The molecule has 4 nitrogen and oxygen atoms in total. The van der Waals surface area contributed by atoms with Gasteiger partial charge < -0.3 is 19.7 Å². The molecule has 23 heavy (non-hydrogen) atoms. The number of likely N-dealkylation sites (N-methyl/N-ethyl adjacent to an activating group) is 1. The summed E-state index contributed by atoms with van der Waals surface area (Å²) in [6.07, 6.45) is 3.90. The number of hydrogen-bond acceptors (Lipinski definition) is 5. The Bertz CT molecular complexity index is 617. The number of thiol groups is 1. The molecule has 0 bridgehead atoms. The number of methoxy groups -OCH3 is 1. The van der Waals surface area contributed by atoms with Gasteiger partial charge in [0.1, 0.15) is 18.1 Å². The van der Waals surface area contributed by atoms with Crippen molar-refractivity contribution in [2.45, 2.75) is 6.54 Å². The third kappa shape index (κ3) is 4.37. The molecule has 0 fully saturated rings. The second-order valence-electron chi connectivity index (χ2n) is 5.30. The predicted octanol–water partition coefficient (Wildman–Crippen LogP) is 3.27. The summed E-state index contributed by atoms with van der Waals surface area (Å²) in [5.41, 5.74) is 3.29. The largest absolute Gasteiger partial charge is 0.496 e. The molecule has 0 unspecified atom stereocenters. The van der Waals surface area contributed by atoms with E-state index in [-0.39, 0.29) is 0 Å². The first-order valence-electron chi connectivity index (χ1n) is 7.44. The van der Waals surface area contributed by atoms with Gasteiger partial charge in [0.25, 0.3) is 0 Å². The van der Waals surface area contributed by atoms with Crippen molar-refractivity contribution in [3.8, 4) is 5.75 Å². The van der Waals surface area contributed by atoms with Crippen molar-refractivity contribution in [1.82, 2.24) is 5.32 Å². The van der Waals surface area contributed by atoms with Gasteiger partial charge in [-0.25, -0.2) is 0 Å². The molecule has 0 saturated heterocycles. The summed E-state index contributed by atoms with van der Waals surface area (Å²) in [5.74, 6) is 2.13. The molecular formula is C17H23ClN2O2S. The van der Waals surface area contributed by atoms with Crippen molar-refractivity contribution in [3.05, 3.63) is 40.3 Å². The first-order chi connectivity index (χ1) is 11.1. The molecule has 1 aliphatic rings. The average molecular weight is 355 g/mol. The second kappa shape index (κ2) is 8.52. The molecule has 0 aliphatic carbocycles. The highest BCUT2D eigenvalue weighted by atomic mass is 35.5. The summed E-state index contributed by atoms with van der Waals surface area (Å²) < 4.78 is 11.5. The topological polar surface area (TPSA) is 33.7 Å². The van der Waals surface area contributed by atoms with Crippen molar-refractivity contribution < 1.29 is 9.47 Å². The van der Waals surface area contributed by atoms with Crippen LogP contribution in [0.4, 0.5) is 5.69 Å². The van der Waals surface area contributed by atoms with Crippen molar-refractivity contribution in [2.24, 2.45) is 0 Å². The lowest BCUT2D eigenvalue weighted by Crippen LogP contribution is -2.23.